The molecule has 4 aromatic rings. The second-order valence-electron chi connectivity index (χ2n) is 9.58. The number of amides is 1. The molecule has 11 heteroatoms. The molecule has 1 fully saturated rings. The third-order valence-electron chi connectivity index (χ3n) is 7.00. The SMILES string of the molecule is CCOC(=O)C1CCCN(C(=O)Cc2csc3nc(C)c(-c4cc(C)n(-c5ccccc5OC)n4)c(=O)n23)C1. The maximum atomic E-state index is 13.9. The van der Waals surface area contributed by atoms with Gasteiger partial charge in [-0.25, -0.2) is 9.67 Å². The summed E-state index contributed by atoms with van der Waals surface area (Å²) in [4.78, 5) is 46.2. The van der Waals surface area contributed by atoms with E-state index in [1.807, 2.05) is 37.3 Å². The molecule has 1 aromatic carbocycles. The van der Waals surface area contributed by atoms with Crippen LogP contribution in [0.25, 0.3) is 21.9 Å². The summed E-state index contributed by atoms with van der Waals surface area (Å²) in [6, 6.07) is 9.40. The number of likely N-dealkylation sites (tertiary alicyclic amines) is 1. The zero-order valence-electron chi connectivity index (χ0n) is 22.5. The zero-order chi connectivity index (χ0) is 27.7. The number of aryl methyl sites for hydroxylation is 2. The van der Waals surface area contributed by atoms with E-state index in [1.165, 1.54) is 15.7 Å². The van der Waals surface area contributed by atoms with E-state index in [0.717, 1.165) is 17.8 Å². The van der Waals surface area contributed by atoms with E-state index in [4.69, 9.17) is 14.6 Å². The van der Waals surface area contributed by atoms with Gasteiger partial charge in [0.1, 0.15) is 17.1 Å². The Labute approximate surface area is 229 Å². The highest BCUT2D eigenvalue weighted by atomic mass is 32.1. The van der Waals surface area contributed by atoms with Crippen LogP contribution in [-0.4, -0.2) is 62.7 Å². The van der Waals surface area contributed by atoms with Crippen LogP contribution in [0.15, 0.2) is 40.5 Å². The van der Waals surface area contributed by atoms with E-state index in [2.05, 4.69) is 4.98 Å². The molecule has 4 heterocycles. The summed E-state index contributed by atoms with van der Waals surface area (Å²) < 4.78 is 13.9. The van der Waals surface area contributed by atoms with Crippen molar-refractivity contribution in [2.75, 3.05) is 26.8 Å². The van der Waals surface area contributed by atoms with Gasteiger partial charge in [-0.2, -0.15) is 5.10 Å². The van der Waals surface area contributed by atoms with Crippen molar-refractivity contribution in [1.82, 2.24) is 24.1 Å². The van der Waals surface area contributed by atoms with E-state index < -0.39 is 0 Å². The molecule has 0 bridgehead atoms. The Morgan fingerprint density at radius 1 is 1.21 bits per heavy atom. The Kier molecular flexibility index (Phi) is 7.51. The van der Waals surface area contributed by atoms with E-state index in [9.17, 15) is 14.4 Å². The quantitative estimate of drug-likeness (QED) is 0.324. The molecule has 1 saturated heterocycles. The smallest absolute Gasteiger partial charge is 0.310 e. The van der Waals surface area contributed by atoms with Crippen LogP contribution in [0.2, 0.25) is 0 Å². The van der Waals surface area contributed by atoms with Crippen molar-refractivity contribution in [1.29, 1.82) is 0 Å². The number of carbonyl (C=O) groups is 2. The standard InChI is InChI=1S/C28H31N5O5S/c1-5-38-27(36)19-9-8-12-31(15-19)24(34)14-20-16-39-28-29-18(3)25(26(35)32(20)28)21-13-17(2)33(30-21)22-10-6-7-11-23(22)37-4/h6-7,10-11,13,16,19H,5,8-9,12,14-15H2,1-4H3. The lowest BCUT2D eigenvalue weighted by atomic mass is 9.98. The molecular weight excluding hydrogens is 518 g/mol. The van der Waals surface area contributed by atoms with Crippen LogP contribution in [0.4, 0.5) is 0 Å². The number of piperidine rings is 1. The zero-order valence-corrected chi connectivity index (χ0v) is 23.3. The van der Waals surface area contributed by atoms with Gasteiger partial charge >= 0.3 is 5.97 Å². The number of esters is 1. The Morgan fingerprint density at radius 3 is 2.77 bits per heavy atom. The highest BCUT2D eigenvalue weighted by molar-refractivity contribution is 7.15. The lowest BCUT2D eigenvalue weighted by molar-refractivity contribution is -0.151. The van der Waals surface area contributed by atoms with Gasteiger partial charge in [-0.15, -0.1) is 11.3 Å². The fourth-order valence-corrected chi connectivity index (χ4v) is 6.02. The third-order valence-corrected chi connectivity index (χ3v) is 7.88. The maximum absolute atomic E-state index is 13.9. The first-order valence-corrected chi connectivity index (χ1v) is 13.8. The summed E-state index contributed by atoms with van der Waals surface area (Å²) >= 11 is 1.32. The van der Waals surface area contributed by atoms with Crippen LogP contribution in [0.1, 0.15) is 36.8 Å². The van der Waals surface area contributed by atoms with Gasteiger partial charge in [0.05, 0.1) is 37.3 Å². The van der Waals surface area contributed by atoms with E-state index in [1.54, 1.807) is 35.9 Å². The van der Waals surface area contributed by atoms with Crippen LogP contribution < -0.4 is 10.3 Å². The number of nitrogens with zero attached hydrogens (tertiary/aromatic N) is 5. The van der Waals surface area contributed by atoms with Crippen molar-refractivity contribution in [3.63, 3.8) is 0 Å². The van der Waals surface area contributed by atoms with E-state index in [0.29, 0.717) is 59.5 Å². The van der Waals surface area contributed by atoms with Crippen LogP contribution in [-0.2, 0) is 20.7 Å². The number of rotatable bonds is 7. The molecule has 0 N–H and O–H groups in total. The Bertz CT molecular complexity index is 1600. The topological polar surface area (TPSA) is 108 Å². The van der Waals surface area contributed by atoms with Gasteiger partial charge in [-0.05, 0) is 51.8 Å². The van der Waals surface area contributed by atoms with Gasteiger partial charge in [0.2, 0.25) is 5.91 Å². The molecule has 204 valence electrons. The van der Waals surface area contributed by atoms with Gasteiger partial charge in [0.15, 0.2) is 4.96 Å². The number of hydrogen-bond donors (Lipinski definition) is 0. The Morgan fingerprint density at radius 2 is 2.00 bits per heavy atom. The molecule has 10 nitrogen and oxygen atoms in total. The lowest BCUT2D eigenvalue weighted by Crippen LogP contribution is -2.43. The molecule has 39 heavy (non-hydrogen) atoms. The maximum Gasteiger partial charge on any atom is 0.310 e. The molecule has 0 radical (unpaired) electrons. The fraction of sp³-hybridized carbons (Fsp3) is 0.393. The molecule has 0 saturated carbocycles. The summed E-state index contributed by atoms with van der Waals surface area (Å²) in [5, 5.41) is 6.55. The van der Waals surface area contributed by atoms with Gasteiger partial charge in [0.25, 0.3) is 5.56 Å². The third kappa shape index (κ3) is 5.06. The van der Waals surface area contributed by atoms with Gasteiger partial charge in [-0.1, -0.05) is 12.1 Å². The number of benzene rings is 1. The van der Waals surface area contributed by atoms with Crippen LogP contribution in [0, 0.1) is 19.8 Å². The highest BCUT2D eigenvalue weighted by Gasteiger charge is 2.30. The number of para-hydroxylation sites is 2. The average molecular weight is 550 g/mol. The predicted octanol–water partition coefficient (Wildman–Crippen LogP) is 3.58. The summed E-state index contributed by atoms with van der Waals surface area (Å²) in [5.41, 5.74) is 3.35. The van der Waals surface area contributed by atoms with Crippen LogP contribution >= 0.6 is 11.3 Å². The minimum Gasteiger partial charge on any atom is -0.494 e. The molecule has 1 aliphatic rings. The molecule has 5 rings (SSSR count). The number of methoxy groups -OCH3 is 1. The molecule has 1 aliphatic heterocycles. The molecule has 1 amide bonds. The summed E-state index contributed by atoms with van der Waals surface area (Å²) in [5.74, 6) is -0.0469. The number of thiazole rings is 1. The fourth-order valence-electron chi connectivity index (χ4n) is 5.09. The normalized spacial score (nSPS) is 15.5. The number of fused-ring (bicyclic) bond motifs is 1. The Balaban J connectivity index is 1.47. The Hall–Kier alpha value is -3.99. The second kappa shape index (κ2) is 11.0. The number of aromatic nitrogens is 4. The van der Waals surface area contributed by atoms with Crippen molar-refractivity contribution in [2.24, 2.45) is 5.92 Å². The van der Waals surface area contributed by atoms with Gasteiger partial charge in [-0.3, -0.25) is 18.8 Å². The number of hydrogen-bond acceptors (Lipinski definition) is 8. The van der Waals surface area contributed by atoms with Gasteiger partial charge in [0, 0.05) is 29.9 Å². The van der Waals surface area contributed by atoms with Crippen molar-refractivity contribution in [3.05, 3.63) is 63.1 Å². The average Bonchev–Trinajstić information content (AvgIpc) is 3.51. The number of carbonyl (C=O) groups excluding carboxylic acids is 2. The molecule has 1 unspecified atom stereocenters. The monoisotopic (exact) mass is 549 g/mol. The number of ether oxygens (including phenoxy) is 2. The van der Waals surface area contributed by atoms with Crippen molar-refractivity contribution >= 4 is 28.2 Å². The van der Waals surface area contributed by atoms with Crippen molar-refractivity contribution < 1.29 is 19.1 Å². The molecule has 3 aromatic heterocycles. The molecular formula is C28H31N5O5S. The first kappa shape index (κ1) is 26.6. The molecule has 0 spiro atoms. The van der Waals surface area contributed by atoms with Crippen molar-refractivity contribution in [3.8, 4) is 22.7 Å². The predicted molar refractivity (Wildman–Crippen MR) is 148 cm³/mol. The minimum atomic E-state index is -0.318. The van der Waals surface area contributed by atoms with E-state index >= 15 is 0 Å². The van der Waals surface area contributed by atoms with E-state index in [-0.39, 0.29) is 29.8 Å². The molecule has 0 aliphatic carbocycles. The highest BCUT2D eigenvalue weighted by Crippen LogP contribution is 2.27. The summed E-state index contributed by atoms with van der Waals surface area (Å²) in [7, 11) is 1.60. The second-order valence-corrected chi connectivity index (χ2v) is 10.4. The summed E-state index contributed by atoms with van der Waals surface area (Å²) in [6.45, 7) is 6.71. The van der Waals surface area contributed by atoms with Gasteiger partial charge < -0.3 is 14.4 Å². The summed E-state index contributed by atoms with van der Waals surface area (Å²) in [6.07, 6.45) is 1.48. The first-order chi connectivity index (χ1) is 18.8. The van der Waals surface area contributed by atoms with Crippen molar-refractivity contribution in [2.45, 2.75) is 40.0 Å². The largest absolute Gasteiger partial charge is 0.494 e. The molecule has 1 atom stereocenters. The minimum absolute atomic E-state index is 0.0360. The first-order valence-electron chi connectivity index (χ1n) is 13.0. The van der Waals surface area contributed by atoms with Crippen LogP contribution in [0.5, 0.6) is 5.75 Å². The van der Waals surface area contributed by atoms with Crippen LogP contribution in [0.3, 0.4) is 0 Å². The lowest BCUT2D eigenvalue weighted by Gasteiger charge is -2.31.